The van der Waals surface area contributed by atoms with E-state index in [1.165, 1.54) is 18.2 Å². The van der Waals surface area contributed by atoms with Gasteiger partial charge in [-0.2, -0.15) is 0 Å². The predicted molar refractivity (Wildman–Crippen MR) is 95.7 cm³/mol. The van der Waals surface area contributed by atoms with Gasteiger partial charge < -0.3 is 4.74 Å². The number of amides is 1. The largest absolute Gasteiger partial charge is 0.444 e. The number of nitrogens with one attached hydrogen (secondary N) is 2. The number of carbonyl (C=O) groups is 1. The minimum Gasteiger partial charge on any atom is -0.444 e. The summed E-state index contributed by atoms with van der Waals surface area (Å²) in [6.07, 6.45) is -0.612. The number of halogens is 1. The summed E-state index contributed by atoms with van der Waals surface area (Å²) in [6.45, 7) is 12.5. The smallest absolute Gasteiger partial charge is 0.412 e. The molecule has 1 rings (SSSR count). The molecule has 0 aromatic heterocycles. The second-order valence-electron chi connectivity index (χ2n) is 7.58. The quantitative estimate of drug-likeness (QED) is 0.844. The summed E-state index contributed by atoms with van der Waals surface area (Å²) in [5.74, 6) is -0.435. The summed E-state index contributed by atoms with van der Waals surface area (Å²) in [7, 11) is -1.34. The van der Waals surface area contributed by atoms with E-state index in [0.29, 0.717) is 11.3 Å². The summed E-state index contributed by atoms with van der Waals surface area (Å²) in [5.41, 5.74) is 0.114. The lowest BCUT2D eigenvalue weighted by molar-refractivity contribution is 0.0636. The van der Waals surface area contributed by atoms with Crippen molar-refractivity contribution in [2.45, 2.75) is 64.9 Å². The monoisotopic (exact) mass is 358 g/mol. The van der Waals surface area contributed by atoms with Gasteiger partial charge in [-0.05, 0) is 66.7 Å². The topological polar surface area (TPSA) is 67.4 Å². The SMILES string of the molecule is C[C@H](NS(=O)C(C)(C)C)c1cc(NC(=O)OC(C)(C)C)ccc1F. The van der Waals surface area contributed by atoms with Crippen molar-refractivity contribution in [2.24, 2.45) is 0 Å². The predicted octanol–water partition coefficient (Wildman–Crippen LogP) is 4.29. The Morgan fingerprint density at radius 2 is 1.79 bits per heavy atom. The molecule has 2 atom stereocenters. The standard InChI is InChI=1S/C17H27FN2O3S/c1-11(20-24(22)17(5,6)7)13-10-12(8-9-14(13)18)19-15(21)23-16(2,3)4/h8-11,20H,1-7H3,(H,19,21)/t11-,24?/m0/s1. The Morgan fingerprint density at radius 3 is 2.29 bits per heavy atom. The molecule has 0 aliphatic carbocycles. The molecular weight excluding hydrogens is 331 g/mol. The summed E-state index contributed by atoms with van der Waals surface area (Å²) in [6, 6.07) is 3.75. The molecular formula is C17H27FN2O3S. The highest BCUT2D eigenvalue weighted by atomic mass is 32.2. The lowest BCUT2D eigenvalue weighted by atomic mass is 10.1. The second-order valence-corrected chi connectivity index (χ2v) is 9.58. The molecule has 1 aromatic carbocycles. The first kappa shape index (κ1) is 20.6. The molecule has 0 aliphatic heterocycles. The van der Waals surface area contributed by atoms with E-state index in [1.807, 2.05) is 20.8 Å². The summed E-state index contributed by atoms with van der Waals surface area (Å²) >= 11 is 0. The molecule has 0 radical (unpaired) electrons. The third kappa shape index (κ3) is 6.57. The lowest BCUT2D eigenvalue weighted by Gasteiger charge is -2.23. The van der Waals surface area contributed by atoms with Crippen LogP contribution in [0.4, 0.5) is 14.9 Å². The first-order valence-electron chi connectivity index (χ1n) is 7.77. The summed E-state index contributed by atoms with van der Waals surface area (Å²) in [5, 5.41) is 2.57. The third-order valence-corrected chi connectivity index (χ3v) is 4.63. The van der Waals surface area contributed by atoms with Crippen LogP contribution in [0.1, 0.15) is 60.1 Å². The first-order valence-corrected chi connectivity index (χ1v) is 8.92. The molecule has 136 valence electrons. The molecule has 24 heavy (non-hydrogen) atoms. The normalized spacial score (nSPS) is 14.8. The molecule has 0 saturated carbocycles. The number of hydrogen-bond donors (Lipinski definition) is 2. The van der Waals surface area contributed by atoms with Crippen LogP contribution in [0.25, 0.3) is 0 Å². The van der Waals surface area contributed by atoms with E-state index in [-0.39, 0.29) is 0 Å². The number of ether oxygens (including phenoxy) is 1. The highest BCUT2D eigenvalue weighted by Crippen LogP contribution is 2.23. The van der Waals surface area contributed by atoms with Gasteiger partial charge in [0.2, 0.25) is 0 Å². The zero-order valence-electron chi connectivity index (χ0n) is 15.3. The molecule has 2 N–H and O–H groups in total. The highest BCUT2D eigenvalue weighted by Gasteiger charge is 2.23. The molecule has 1 unspecified atom stereocenters. The zero-order chi connectivity index (χ0) is 18.7. The molecule has 0 spiro atoms. The van der Waals surface area contributed by atoms with Gasteiger partial charge in [-0.15, -0.1) is 0 Å². The van der Waals surface area contributed by atoms with Crippen LogP contribution in [-0.4, -0.2) is 20.7 Å². The zero-order valence-corrected chi connectivity index (χ0v) is 16.1. The van der Waals surface area contributed by atoms with E-state index < -0.39 is 39.3 Å². The van der Waals surface area contributed by atoms with Crippen LogP contribution >= 0.6 is 0 Å². The molecule has 5 nitrogen and oxygen atoms in total. The Labute approximate surface area is 145 Å². The molecule has 1 amide bonds. The lowest BCUT2D eigenvalue weighted by Crippen LogP contribution is -2.35. The van der Waals surface area contributed by atoms with Crippen molar-refractivity contribution in [1.29, 1.82) is 0 Å². The minimum absolute atomic E-state index is 0.321. The van der Waals surface area contributed by atoms with Gasteiger partial charge in [-0.3, -0.25) is 5.32 Å². The van der Waals surface area contributed by atoms with Crippen LogP contribution < -0.4 is 10.0 Å². The van der Waals surface area contributed by atoms with E-state index in [2.05, 4.69) is 10.0 Å². The molecule has 0 fully saturated rings. The van der Waals surface area contributed by atoms with Crippen molar-refractivity contribution in [1.82, 2.24) is 4.72 Å². The van der Waals surface area contributed by atoms with Crippen molar-refractivity contribution in [3.05, 3.63) is 29.6 Å². The van der Waals surface area contributed by atoms with Gasteiger partial charge >= 0.3 is 6.09 Å². The molecule has 0 aliphatic rings. The number of anilines is 1. The Morgan fingerprint density at radius 1 is 1.21 bits per heavy atom. The van der Waals surface area contributed by atoms with Gasteiger partial charge in [-0.25, -0.2) is 18.1 Å². The maximum atomic E-state index is 14.1. The fraction of sp³-hybridized carbons (Fsp3) is 0.588. The van der Waals surface area contributed by atoms with Crippen molar-refractivity contribution in [3.63, 3.8) is 0 Å². The van der Waals surface area contributed by atoms with Gasteiger partial charge in [0.05, 0.1) is 15.7 Å². The van der Waals surface area contributed by atoms with Crippen molar-refractivity contribution in [2.75, 3.05) is 5.32 Å². The van der Waals surface area contributed by atoms with Crippen LogP contribution in [0.5, 0.6) is 0 Å². The number of hydrogen-bond acceptors (Lipinski definition) is 3. The van der Waals surface area contributed by atoms with Crippen molar-refractivity contribution >= 4 is 22.8 Å². The van der Waals surface area contributed by atoms with E-state index in [9.17, 15) is 13.4 Å². The van der Waals surface area contributed by atoms with Crippen LogP contribution in [0.2, 0.25) is 0 Å². The summed E-state index contributed by atoms with van der Waals surface area (Å²) in [4.78, 5) is 11.8. The molecule has 0 heterocycles. The number of carbonyl (C=O) groups excluding carboxylic acids is 1. The van der Waals surface area contributed by atoms with E-state index in [1.54, 1.807) is 27.7 Å². The fourth-order valence-corrected chi connectivity index (χ4v) is 2.58. The Balaban J connectivity index is 2.90. The van der Waals surface area contributed by atoms with Crippen LogP contribution in [0.15, 0.2) is 18.2 Å². The van der Waals surface area contributed by atoms with Crippen LogP contribution in [0.3, 0.4) is 0 Å². The van der Waals surface area contributed by atoms with Crippen molar-refractivity contribution in [3.8, 4) is 0 Å². The Hall–Kier alpha value is -1.47. The second kappa shape index (κ2) is 7.61. The van der Waals surface area contributed by atoms with Gasteiger partial charge in [0.25, 0.3) is 0 Å². The molecule has 7 heteroatoms. The minimum atomic E-state index is -1.34. The Bertz CT molecular complexity index is 621. The van der Waals surface area contributed by atoms with Gasteiger partial charge in [0.1, 0.15) is 11.4 Å². The van der Waals surface area contributed by atoms with Gasteiger partial charge in [-0.1, -0.05) is 0 Å². The molecule has 1 aromatic rings. The maximum absolute atomic E-state index is 14.1. The van der Waals surface area contributed by atoms with Crippen LogP contribution in [0, 0.1) is 5.82 Å². The summed E-state index contributed by atoms with van der Waals surface area (Å²) < 4.78 is 33.9. The maximum Gasteiger partial charge on any atom is 0.412 e. The van der Waals surface area contributed by atoms with Crippen molar-refractivity contribution < 1.29 is 18.1 Å². The van der Waals surface area contributed by atoms with E-state index >= 15 is 0 Å². The van der Waals surface area contributed by atoms with Gasteiger partial charge in [0, 0.05) is 17.3 Å². The number of benzene rings is 1. The fourth-order valence-electron chi connectivity index (χ4n) is 1.78. The first-order chi connectivity index (χ1) is 10.8. The number of rotatable bonds is 4. The molecule has 0 saturated heterocycles. The third-order valence-electron chi connectivity index (χ3n) is 2.95. The average molecular weight is 358 g/mol. The van der Waals surface area contributed by atoms with E-state index in [0.717, 1.165) is 0 Å². The highest BCUT2D eigenvalue weighted by molar-refractivity contribution is 7.84. The van der Waals surface area contributed by atoms with E-state index in [4.69, 9.17) is 4.74 Å². The Kier molecular flexibility index (Phi) is 6.52. The van der Waals surface area contributed by atoms with Gasteiger partial charge in [0.15, 0.2) is 0 Å². The molecule has 0 bridgehead atoms. The van der Waals surface area contributed by atoms with Crippen LogP contribution in [-0.2, 0) is 15.7 Å². The average Bonchev–Trinajstić information content (AvgIpc) is 2.37.